The number of rotatable bonds is 2. The van der Waals surface area contributed by atoms with E-state index in [2.05, 4.69) is 15.2 Å². The number of halogens is 1. The van der Waals surface area contributed by atoms with Crippen LogP contribution < -0.4 is 0 Å². The fourth-order valence-corrected chi connectivity index (χ4v) is 3.44. The molecule has 3 aromatic rings. The molecule has 3 heterocycles. The van der Waals surface area contributed by atoms with E-state index in [1.165, 1.54) is 6.20 Å². The highest BCUT2D eigenvalue weighted by molar-refractivity contribution is 6.30. The average Bonchev–Trinajstić information content (AvgIpc) is 3.18. The zero-order valence-electron chi connectivity index (χ0n) is 13.6. The molecule has 1 aliphatic heterocycles. The van der Waals surface area contributed by atoms with Crippen LogP contribution in [0.4, 0.5) is 0 Å². The van der Waals surface area contributed by atoms with Crippen molar-refractivity contribution in [3.05, 3.63) is 58.4 Å². The molecule has 1 amide bonds. The molecular weight excluding hydrogens is 340 g/mol. The molecule has 0 spiro atoms. The predicted octanol–water partition coefficient (Wildman–Crippen LogP) is 2.52. The van der Waals surface area contributed by atoms with Crippen LogP contribution in [0.15, 0.2) is 36.5 Å². The number of aromatic nitrogens is 3. The van der Waals surface area contributed by atoms with E-state index in [4.69, 9.17) is 11.6 Å². The number of carbonyl (C=O) groups excluding carboxylic acids is 1. The number of nitrogens with zero attached hydrogens (tertiary/aromatic N) is 3. The van der Waals surface area contributed by atoms with E-state index in [1.807, 2.05) is 19.1 Å². The van der Waals surface area contributed by atoms with Gasteiger partial charge in [0.25, 0.3) is 5.91 Å². The number of nitrogens with one attached hydrogen (secondary N) is 1. The molecule has 1 aromatic carbocycles. The summed E-state index contributed by atoms with van der Waals surface area (Å²) in [7, 11) is 0. The lowest BCUT2D eigenvalue weighted by atomic mass is 9.96. The van der Waals surface area contributed by atoms with Crippen LogP contribution in [-0.2, 0) is 0 Å². The quantitative estimate of drug-likeness (QED) is 0.739. The summed E-state index contributed by atoms with van der Waals surface area (Å²) in [5.41, 5.74) is 2.94. The van der Waals surface area contributed by atoms with E-state index in [1.54, 1.807) is 23.1 Å². The van der Waals surface area contributed by atoms with Crippen molar-refractivity contribution in [2.24, 2.45) is 0 Å². The van der Waals surface area contributed by atoms with Gasteiger partial charge in [-0.2, -0.15) is 5.10 Å². The fourth-order valence-electron chi connectivity index (χ4n) is 3.31. The number of pyridine rings is 1. The molecule has 1 saturated heterocycles. The highest BCUT2D eigenvalue weighted by Gasteiger charge is 2.35. The second-order valence-electron chi connectivity index (χ2n) is 6.38. The first-order valence-corrected chi connectivity index (χ1v) is 8.44. The molecule has 0 bridgehead atoms. The summed E-state index contributed by atoms with van der Waals surface area (Å²) >= 11 is 5.92. The fraction of sp³-hybridized carbons (Fsp3) is 0.278. The third kappa shape index (κ3) is 2.88. The summed E-state index contributed by atoms with van der Waals surface area (Å²) < 4.78 is 0. The number of benzene rings is 1. The van der Waals surface area contributed by atoms with E-state index in [9.17, 15) is 9.90 Å². The van der Waals surface area contributed by atoms with Crippen LogP contribution in [0.5, 0.6) is 0 Å². The topological polar surface area (TPSA) is 82.1 Å². The summed E-state index contributed by atoms with van der Waals surface area (Å²) in [6.45, 7) is 2.65. The monoisotopic (exact) mass is 356 g/mol. The van der Waals surface area contributed by atoms with Crippen LogP contribution in [0.2, 0.25) is 5.02 Å². The van der Waals surface area contributed by atoms with Gasteiger partial charge in [-0.1, -0.05) is 23.7 Å². The maximum absolute atomic E-state index is 12.8. The average molecular weight is 357 g/mol. The summed E-state index contributed by atoms with van der Waals surface area (Å²) in [6, 6.07) is 9.19. The number of fused-ring (bicyclic) bond motifs is 1. The number of carbonyl (C=O) groups is 1. The van der Waals surface area contributed by atoms with Gasteiger partial charge in [0.05, 0.1) is 11.7 Å². The number of hydrogen-bond acceptors (Lipinski definition) is 4. The molecule has 2 aromatic heterocycles. The van der Waals surface area contributed by atoms with Gasteiger partial charge >= 0.3 is 0 Å². The number of amides is 1. The highest BCUT2D eigenvalue weighted by Crippen LogP contribution is 2.29. The molecule has 1 aliphatic rings. The number of β-amino-alcohol motifs (C(OH)–C–C–N with tert-alkyl or cyclic N) is 1. The molecule has 0 unspecified atom stereocenters. The molecule has 1 fully saturated rings. The third-order valence-electron chi connectivity index (χ3n) is 4.72. The number of aromatic amines is 1. The Morgan fingerprint density at radius 1 is 1.32 bits per heavy atom. The standard InChI is InChI=1S/C18H17ClN4O2/c1-10-14-6-12(7-20-17(14)22-21-10)18(25)23-8-15(16(24)9-23)11-2-4-13(19)5-3-11/h2-7,15-16,24H,8-9H2,1H3,(H,20,21,22)/t15-,16+/m1/s1. The van der Waals surface area contributed by atoms with Gasteiger partial charge in [-0.05, 0) is 30.7 Å². The number of likely N-dealkylation sites (tertiary alicyclic amines) is 1. The molecular formula is C18H17ClN4O2. The van der Waals surface area contributed by atoms with Crippen LogP contribution in [0.1, 0.15) is 27.5 Å². The Balaban J connectivity index is 1.58. The van der Waals surface area contributed by atoms with E-state index in [0.29, 0.717) is 29.3 Å². The Bertz CT molecular complexity index is 938. The van der Waals surface area contributed by atoms with E-state index in [-0.39, 0.29) is 11.8 Å². The van der Waals surface area contributed by atoms with E-state index in [0.717, 1.165) is 16.6 Å². The second kappa shape index (κ2) is 6.13. The number of aryl methyl sites for hydroxylation is 1. The van der Waals surface area contributed by atoms with Crippen molar-refractivity contribution in [3.63, 3.8) is 0 Å². The molecule has 4 rings (SSSR count). The summed E-state index contributed by atoms with van der Waals surface area (Å²) in [4.78, 5) is 18.7. The minimum Gasteiger partial charge on any atom is -0.391 e. The molecule has 128 valence electrons. The van der Waals surface area contributed by atoms with Gasteiger partial charge in [0, 0.05) is 41.3 Å². The minimum atomic E-state index is -0.600. The normalized spacial score (nSPS) is 20.4. The number of H-pyrrole nitrogens is 1. The maximum Gasteiger partial charge on any atom is 0.255 e. The number of aliphatic hydroxyl groups is 1. The van der Waals surface area contributed by atoms with Crippen LogP contribution in [-0.4, -0.2) is 50.3 Å². The Labute approximate surface area is 149 Å². The third-order valence-corrected chi connectivity index (χ3v) is 4.97. The SMILES string of the molecule is Cc1[nH]nc2ncc(C(=O)N3C[C@H](c4ccc(Cl)cc4)[C@@H](O)C3)cc12. The Kier molecular flexibility index (Phi) is 3.94. The van der Waals surface area contributed by atoms with Gasteiger partial charge < -0.3 is 10.0 Å². The Morgan fingerprint density at radius 3 is 2.84 bits per heavy atom. The zero-order valence-corrected chi connectivity index (χ0v) is 14.4. The summed E-state index contributed by atoms with van der Waals surface area (Å²) in [5.74, 6) is -0.251. The van der Waals surface area contributed by atoms with E-state index < -0.39 is 6.10 Å². The van der Waals surface area contributed by atoms with Gasteiger partial charge in [0.1, 0.15) is 0 Å². The lowest BCUT2D eigenvalue weighted by Crippen LogP contribution is -2.29. The Hall–Kier alpha value is -2.44. The molecule has 0 saturated carbocycles. The van der Waals surface area contributed by atoms with Crippen LogP contribution in [0.3, 0.4) is 0 Å². The van der Waals surface area contributed by atoms with Crippen LogP contribution in [0, 0.1) is 6.92 Å². The van der Waals surface area contributed by atoms with Gasteiger partial charge in [0.2, 0.25) is 0 Å². The van der Waals surface area contributed by atoms with Crippen molar-refractivity contribution in [1.29, 1.82) is 0 Å². The first kappa shape index (κ1) is 16.1. The number of aliphatic hydroxyl groups excluding tert-OH is 1. The molecule has 0 radical (unpaired) electrons. The number of hydrogen-bond donors (Lipinski definition) is 2. The molecule has 2 N–H and O–H groups in total. The van der Waals surface area contributed by atoms with Crippen molar-refractivity contribution in [2.45, 2.75) is 18.9 Å². The summed E-state index contributed by atoms with van der Waals surface area (Å²) in [6.07, 6.45) is 0.935. The van der Waals surface area contributed by atoms with Gasteiger partial charge in [-0.3, -0.25) is 9.89 Å². The van der Waals surface area contributed by atoms with E-state index >= 15 is 0 Å². The molecule has 6 nitrogen and oxygen atoms in total. The van der Waals surface area contributed by atoms with Crippen LogP contribution >= 0.6 is 11.6 Å². The minimum absolute atomic E-state index is 0.117. The predicted molar refractivity (Wildman–Crippen MR) is 94.7 cm³/mol. The molecule has 7 heteroatoms. The first-order chi connectivity index (χ1) is 12.0. The van der Waals surface area contributed by atoms with Crippen molar-refractivity contribution >= 4 is 28.5 Å². The second-order valence-corrected chi connectivity index (χ2v) is 6.82. The lowest BCUT2D eigenvalue weighted by molar-refractivity contribution is 0.0764. The largest absolute Gasteiger partial charge is 0.391 e. The molecule has 25 heavy (non-hydrogen) atoms. The van der Waals surface area contributed by atoms with Crippen molar-refractivity contribution < 1.29 is 9.90 Å². The van der Waals surface area contributed by atoms with Crippen LogP contribution in [0.25, 0.3) is 11.0 Å². The van der Waals surface area contributed by atoms with Gasteiger partial charge in [-0.15, -0.1) is 0 Å². The zero-order chi connectivity index (χ0) is 17.6. The molecule has 0 aliphatic carbocycles. The smallest absolute Gasteiger partial charge is 0.255 e. The van der Waals surface area contributed by atoms with Crippen molar-refractivity contribution in [1.82, 2.24) is 20.1 Å². The Morgan fingerprint density at radius 2 is 2.08 bits per heavy atom. The summed E-state index contributed by atoms with van der Waals surface area (Å²) in [5, 5.41) is 18.8. The van der Waals surface area contributed by atoms with Crippen molar-refractivity contribution in [2.75, 3.05) is 13.1 Å². The van der Waals surface area contributed by atoms with Gasteiger partial charge in [0.15, 0.2) is 5.65 Å². The van der Waals surface area contributed by atoms with Crippen molar-refractivity contribution in [3.8, 4) is 0 Å². The first-order valence-electron chi connectivity index (χ1n) is 8.06. The lowest BCUT2D eigenvalue weighted by Gasteiger charge is -2.16. The van der Waals surface area contributed by atoms with Gasteiger partial charge in [-0.25, -0.2) is 4.98 Å². The maximum atomic E-state index is 12.8. The highest BCUT2D eigenvalue weighted by atomic mass is 35.5. The molecule has 2 atom stereocenters.